The van der Waals surface area contributed by atoms with Crippen LogP contribution in [0.25, 0.3) is 11.1 Å². The van der Waals surface area contributed by atoms with E-state index in [9.17, 15) is 9.90 Å². The Morgan fingerprint density at radius 2 is 2.30 bits per heavy atom. The lowest BCUT2D eigenvalue weighted by Gasteiger charge is -2.33. The maximum Gasteiger partial charge on any atom is 0.335 e. The van der Waals surface area contributed by atoms with Crippen LogP contribution in [0.3, 0.4) is 0 Å². The van der Waals surface area contributed by atoms with Gasteiger partial charge in [0.1, 0.15) is 5.52 Å². The largest absolute Gasteiger partial charge is 0.478 e. The summed E-state index contributed by atoms with van der Waals surface area (Å²) in [5, 5.41) is 18.9. The van der Waals surface area contributed by atoms with Crippen molar-refractivity contribution in [3.05, 3.63) is 23.8 Å². The minimum atomic E-state index is -0.993. The van der Waals surface area contributed by atoms with Crippen molar-refractivity contribution >= 4 is 23.1 Å². The molecule has 2 N–H and O–H groups in total. The standard InChI is InChI=1S/C14H16N2O4/c1-8-4-5-16(7-11(8)17)14-15-10-3-2-9(13(18)19)6-12(10)20-14/h2-3,6,8,11,17H,4-5,7H2,1H3,(H,18,19). The van der Waals surface area contributed by atoms with E-state index in [1.54, 1.807) is 6.07 Å². The van der Waals surface area contributed by atoms with Crippen molar-refractivity contribution in [3.63, 3.8) is 0 Å². The van der Waals surface area contributed by atoms with E-state index >= 15 is 0 Å². The average molecular weight is 276 g/mol. The highest BCUT2D eigenvalue weighted by Gasteiger charge is 2.27. The molecule has 0 spiro atoms. The van der Waals surface area contributed by atoms with E-state index in [1.165, 1.54) is 12.1 Å². The Hall–Kier alpha value is -2.08. The number of anilines is 1. The number of carbonyl (C=O) groups is 1. The number of hydrogen-bond donors (Lipinski definition) is 2. The van der Waals surface area contributed by atoms with Crippen LogP contribution >= 0.6 is 0 Å². The van der Waals surface area contributed by atoms with Gasteiger partial charge in [0.15, 0.2) is 5.58 Å². The number of carboxylic acid groups (broad SMARTS) is 1. The summed E-state index contributed by atoms with van der Waals surface area (Å²) in [5.74, 6) is -0.721. The second-order valence-electron chi connectivity index (χ2n) is 5.26. The number of nitrogens with zero attached hydrogens (tertiary/aromatic N) is 2. The Morgan fingerprint density at radius 1 is 1.50 bits per heavy atom. The Balaban J connectivity index is 1.91. The monoisotopic (exact) mass is 276 g/mol. The molecule has 2 atom stereocenters. The number of carboxylic acids is 1. The third-order valence-corrected chi connectivity index (χ3v) is 3.81. The number of hydrogen-bond acceptors (Lipinski definition) is 5. The van der Waals surface area contributed by atoms with E-state index in [0.29, 0.717) is 23.7 Å². The number of aromatic nitrogens is 1. The molecule has 106 valence electrons. The molecule has 2 aromatic rings. The zero-order valence-corrected chi connectivity index (χ0v) is 11.1. The van der Waals surface area contributed by atoms with Gasteiger partial charge in [-0.15, -0.1) is 0 Å². The molecular formula is C14H16N2O4. The van der Waals surface area contributed by atoms with Crippen molar-refractivity contribution in [2.24, 2.45) is 5.92 Å². The van der Waals surface area contributed by atoms with E-state index in [0.717, 1.165) is 13.0 Å². The lowest BCUT2D eigenvalue weighted by atomic mass is 9.96. The molecular weight excluding hydrogens is 260 g/mol. The van der Waals surface area contributed by atoms with Crippen LogP contribution in [0.5, 0.6) is 0 Å². The zero-order chi connectivity index (χ0) is 14.3. The van der Waals surface area contributed by atoms with Crippen LogP contribution < -0.4 is 4.90 Å². The molecule has 6 nitrogen and oxygen atoms in total. The molecule has 1 aromatic carbocycles. The molecule has 1 aliphatic rings. The molecule has 0 aliphatic carbocycles. The maximum atomic E-state index is 10.9. The number of aromatic carboxylic acids is 1. The van der Waals surface area contributed by atoms with E-state index < -0.39 is 12.1 Å². The molecule has 0 amide bonds. The summed E-state index contributed by atoms with van der Waals surface area (Å²) in [6, 6.07) is 5.05. The highest BCUT2D eigenvalue weighted by molar-refractivity contribution is 5.92. The van der Waals surface area contributed by atoms with Gasteiger partial charge in [-0.05, 0) is 30.5 Å². The normalized spacial score (nSPS) is 23.2. The molecule has 1 aromatic heterocycles. The number of piperidine rings is 1. The van der Waals surface area contributed by atoms with E-state index in [1.807, 2.05) is 11.8 Å². The quantitative estimate of drug-likeness (QED) is 0.868. The number of aliphatic hydroxyl groups excluding tert-OH is 1. The number of rotatable bonds is 2. The lowest BCUT2D eigenvalue weighted by Crippen LogP contribution is -2.43. The van der Waals surface area contributed by atoms with E-state index in [2.05, 4.69) is 4.98 Å². The van der Waals surface area contributed by atoms with Crippen LogP contribution in [0.2, 0.25) is 0 Å². The molecule has 2 unspecified atom stereocenters. The summed E-state index contributed by atoms with van der Waals surface area (Å²) >= 11 is 0. The van der Waals surface area contributed by atoms with Crippen molar-refractivity contribution in [3.8, 4) is 0 Å². The summed E-state index contributed by atoms with van der Waals surface area (Å²) in [7, 11) is 0. The molecule has 0 bridgehead atoms. The minimum Gasteiger partial charge on any atom is -0.478 e. The van der Waals surface area contributed by atoms with Gasteiger partial charge in [0.25, 0.3) is 6.01 Å². The summed E-state index contributed by atoms with van der Waals surface area (Å²) in [6.45, 7) is 3.28. The predicted molar refractivity (Wildman–Crippen MR) is 73.0 cm³/mol. The number of aliphatic hydroxyl groups is 1. The van der Waals surface area contributed by atoms with Crippen LogP contribution in [0.15, 0.2) is 22.6 Å². The second-order valence-corrected chi connectivity index (χ2v) is 5.26. The second kappa shape index (κ2) is 4.79. The Kier molecular flexibility index (Phi) is 3.10. The Bertz CT molecular complexity index is 652. The first kappa shape index (κ1) is 12.9. The third-order valence-electron chi connectivity index (χ3n) is 3.81. The first-order valence-corrected chi connectivity index (χ1v) is 6.61. The van der Waals surface area contributed by atoms with Crippen LogP contribution in [0, 0.1) is 5.92 Å². The van der Waals surface area contributed by atoms with E-state index in [-0.39, 0.29) is 11.5 Å². The molecule has 1 fully saturated rings. The van der Waals surface area contributed by atoms with Crippen molar-refractivity contribution < 1.29 is 19.4 Å². The van der Waals surface area contributed by atoms with Crippen LogP contribution in [0.1, 0.15) is 23.7 Å². The van der Waals surface area contributed by atoms with Gasteiger partial charge in [-0.3, -0.25) is 0 Å². The zero-order valence-electron chi connectivity index (χ0n) is 11.1. The van der Waals surface area contributed by atoms with Gasteiger partial charge in [0.2, 0.25) is 0 Å². The summed E-state index contributed by atoms with van der Waals surface area (Å²) in [5.41, 5.74) is 1.25. The van der Waals surface area contributed by atoms with E-state index in [4.69, 9.17) is 9.52 Å². The highest BCUT2D eigenvalue weighted by Crippen LogP contribution is 2.27. The molecule has 20 heavy (non-hydrogen) atoms. The lowest BCUT2D eigenvalue weighted by molar-refractivity contribution is 0.0697. The molecule has 1 aliphatic heterocycles. The van der Waals surface area contributed by atoms with Crippen molar-refractivity contribution in [1.82, 2.24) is 4.98 Å². The van der Waals surface area contributed by atoms with Crippen molar-refractivity contribution in [2.75, 3.05) is 18.0 Å². The summed E-state index contributed by atoms with van der Waals surface area (Å²) < 4.78 is 5.62. The fourth-order valence-electron chi connectivity index (χ4n) is 2.40. The van der Waals surface area contributed by atoms with Crippen LogP contribution in [-0.4, -0.2) is 40.4 Å². The third kappa shape index (κ3) is 2.22. The highest BCUT2D eigenvalue weighted by atomic mass is 16.4. The summed E-state index contributed by atoms with van der Waals surface area (Å²) in [4.78, 5) is 17.2. The molecule has 3 rings (SSSR count). The van der Waals surface area contributed by atoms with Gasteiger partial charge in [0.05, 0.1) is 11.7 Å². The van der Waals surface area contributed by atoms with Crippen molar-refractivity contribution in [2.45, 2.75) is 19.4 Å². The number of β-amino-alcohol motifs (C(OH)–C–C–N with tert-alkyl or cyclic N) is 1. The number of benzene rings is 1. The van der Waals surface area contributed by atoms with Crippen molar-refractivity contribution in [1.29, 1.82) is 0 Å². The molecule has 1 saturated heterocycles. The fourth-order valence-corrected chi connectivity index (χ4v) is 2.40. The first-order chi connectivity index (χ1) is 9.54. The molecule has 6 heteroatoms. The molecule has 0 radical (unpaired) electrons. The van der Waals surface area contributed by atoms with Gasteiger partial charge in [-0.25, -0.2) is 4.79 Å². The van der Waals surface area contributed by atoms with Crippen LogP contribution in [0.4, 0.5) is 6.01 Å². The van der Waals surface area contributed by atoms with Gasteiger partial charge >= 0.3 is 5.97 Å². The molecule has 2 heterocycles. The Morgan fingerprint density at radius 3 is 3.00 bits per heavy atom. The number of oxazole rings is 1. The smallest absolute Gasteiger partial charge is 0.335 e. The molecule has 0 saturated carbocycles. The van der Waals surface area contributed by atoms with Gasteiger partial charge in [-0.2, -0.15) is 4.98 Å². The van der Waals surface area contributed by atoms with Crippen LogP contribution in [-0.2, 0) is 0 Å². The topological polar surface area (TPSA) is 86.8 Å². The van der Waals surface area contributed by atoms with Gasteiger partial charge in [-0.1, -0.05) is 6.92 Å². The minimum absolute atomic E-state index is 0.174. The predicted octanol–water partition coefficient (Wildman–Crippen LogP) is 1.73. The average Bonchev–Trinajstić information content (AvgIpc) is 2.84. The fraction of sp³-hybridized carbons (Fsp3) is 0.429. The maximum absolute atomic E-state index is 10.9. The summed E-state index contributed by atoms with van der Waals surface area (Å²) in [6.07, 6.45) is 0.480. The Labute approximate surface area is 115 Å². The van der Waals surface area contributed by atoms with Gasteiger partial charge < -0.3 is 19.5 Å². The first-order valence-electron chi connectivity index (χ1n) is 6.61. The number of fused-ring (bicyclic) bond motifs is 1. The van der Waals surface area contributed by atoms with Gasteiger partial charge in [0, 0.05) is 13.1 Å². The SMILES string of the molecule is CC1CCN(c2nc3ccc(C(=O)O)cc3o2)CC1O.